The zero-order valence-electron chi connectivity index (χ0n) is 21.2. The van der Waals surface area contributed by atoms with Crippen LogP contribution in [0.2, 0.25) is 0 Å². The maximum Gasteiger partial charge on any atom is 0.294 e. The van der Waals surface area contributed by atoms with Gasteiger partial charge in [0.1, 0.15) is 18.1 Å². The fraction of sp³-hybridized carbons (Fsp3) is 0.111. The van der Waals surface area contributed by atoms with Crippen LogP contribution in [0, 0.1) is 5.82 Å². The molecule has 12 nitrogen and oxygen atoms in total. The highest BCUT2D eigenvalue weighted by Crippen LogP contribution is 2.29. The standard InChI is InChI=1S/C27H23FN8O4/c1-2-38-22-14-17(12-13-21(22)39-16-19-10-6-7-11-20(19)28)15-30-32-27(37)23-24(18-8-4-3-5-9-18)36(35-31-23)26-25(29)33-40-34-26/h3-15H,2,16H2,1H3,(H2,29,33)(H,32,37)/b30-15+. The molecule has 0 bridgehead atoms. The second-order valence-corrected chi connectivity index (χ2v) is 8.26. The van der Waals surface area contributed by atoms with Gasteiger partial charge in [0.05, 0.1) is 12.8 Å². The Bertz CT molecular complexity index is 1650. The molecule has 2 heterocycles. The first-order valence-electron chi connectivity index (χ1n) is 12.1. The van der Waals surface area contributed by atoms with Crippen LogP contribution in [-0.4, -0.2) is 44.0 Å². The van der Waals surface area contributed by atoms with Gasteiger partial charge >= 0.3 is 0 Å². The van der Waals surface area contributed by atoms with E-state index in [1.165, 1.54) is 17.0 Å². The predicted molar refractivity (Wildman–Crippen MR) is 142 cm³/mol. The zero-order chi connectivity index (χ0) is 27.9. The Kier molecular flexibility index (Phi) is 7.72. The van der Waals surface area contributed by atoms with Gasteiger partial charge in [0, 0.05) is 11.1 Å². The van der Waals surface area contributed by atoms with Crippen LogP contribution in [0.15, 0.2) is 82.5 Å². The fourth-order valence-corrected chi connectivity index (χ4v) is 3.76. The SMILES string of the molecule is CCOc1cc(/C=N/NC(=O)c2nnn(-c3nonc3N)c2-c2ccccc2)ccc1OCc1ccccc1F. The Labute approximate surface area is 227 Å². The van der Waals surface area contributed by atoms with Crippen molar-refractivity contribution in [3.63, 3.8) is 0 Å². The summed E-state index contributed by atoms with van der Waals surface area (Å²) in [6, 6.07) is 20.5. The topological polar surface area (TPSA) is 156 Å². The summed E-state index contributed by atoms with van der Waals surface area (Å²) in [5.41, 5.74) is 10.3. The quantitative estimate of drug-likeness (QED) is 0.198. The van der Waals surface area contributed by atoms with E-state index in [-0.39, 0.29) is 29.8 Å². The minimum absolute atomic E-state index is 0.0153. The average molecular weight is 543 g/mol. The van der Waals surface area contributed by atoms with Crippen LogP contribution in [0.5, 0.6) is 11.5 Å². The molecule has 0 aliphatic heterocycles. The molecule has 202 valence electrons. The molecule has 2 aromatic heterocycles. The number of nitrogen functional groups attached to an aromatic ring is 1. The van der Waals surface area contributed by atoms with Crippen LogP contribution >= 0.6 is 0 Å². The first-order chi connectivity index (χ1) is 19.5. The van der Waals surface area contributed by atoms with E-state index < -0.39 is 5.91 Å². The van der Waals surface area contributed by atoms with Gasteiger partial charge in [-0.25, -0.2) is 14.4 Å². The van der Waals surface area contributed by atoms with Gasteiger partial charge in [-0.15, -0.1) is 5.10 Å². The lowest BCUT2D eigenvalue weighted by atomic mass is 10.1. The van der Waals surface area contributed by atoms with Crippen molar-refractivity contribution >= 4 is 17.9 Å². The predicted octanol–water partition coefficient (Wildman–Crippen LogP) is 3.78. The molecule has 3 aromatic carbocycles. The molecule has 0 saturated carbocycles. The summed E-state index contributed by atoms with van der Waals surface area (Å²) in [7, 11) is 0. The molecule has 0 radical (unpaired) electrons. The molecular formula is C27H23FN8O4. The molecule has 0 unspecified atom stereocenters. The van der Waals surface area contributed by atoms with E-state index in [2.05, 4.69) is 35.8 Å². The molecule has 0 saturated heterocycles. The summed E-state index contributed by atoms with van der Waals surface area (Å²) in [6.07, 6.45) is 1.44. The average Bonchev–Trinajstić information content (AvgIpc) is 3.60. The molecule has 40 heavy (non-hydrogen) atoms. The van der Waals surface area contributed by atoms with Crippen LogP contribution in [0.1, 0.15) is 28.5 Å². The highest BCUT2D eigenvalue weighted by Gasteiger charge is 2.25. The van der Waals surface area contributed by atoms with Crippen molar-refractivity contribution < 1.29 is 23.3 Å². The lowest BCUT2D eigenvalue weighted by Crippen LogP contribution is -2.19. The van der Waals surface area contributed by atoms with E-state index in [4.69, 9.17) is 15.2 Å². The van der Waals surface area contributed by atoms with Crippen LogP contribution in [0.25, 0.3) is 17.1 Å². The van der Waals surface area contributed by atoms with Gasteiger partial charge in [-0.2, -0.15) is 9.78 Å². The molecule has 5 aromatic rings. The number of aromatic nitrogens is 5. The number of ether oxygens (including phenoxy) is 2. The number of nitrogens with zero attached hydrogens (tertiary/aromatic N) is 6. The Morgan fingerprint density at radius 3 is 2.62 bits per heavy atom. The van der Waals surface area contributed by atoms with E-state index in [0.717, 1.165) is 0 Å². The molecule has 0 atom stereocenters. The molecule has 0 spiro atoms. The van der Waals surface area contributed by atoms with E-state index in [9.17, 15) is 9.18 Å². The Balaban J connectivity index is 1.34. The largest absolute Gasteiger partial charge is 0.490 e. The third kappa shape index (κ3) is 5.62. The molecule has 13 heteroatoms. The highest BCUT2D eigenvalue weighted by atomic mass is 19.1. The Morgan fingerprint density at radius 2 is 1.88 bits per heavy atom. The summed E-state index contributed by atoms with van der Waals surface area (Å²) in [6.45, 7) is 2.26. The number of nitrogens with two attached hydrogens (primary N) is 1. The van der Waals surface area contributed by atoms with Gasteiger partial charge in [-0.1, -0.05) is 53.7 Å². The number of hydrazone groups is 1. The Morgan fingerprint density at radius 1 is 1.07 bits per heavy atom. The van der Waals surface area contributed by atoms with Gasteiger partial charge in [0.15, 0.2) is 17.2 Å². The van der Waals surface area contributed by atoms with Crippen LogP contribution in [0.3, 0.4) is 0 Å². The summed E-state index contributed by atoms with van der Waals surface area (Å²) in [5, 5.41) is 19.4. The monoisotopic (exact) mass is 542 g/mol. The number of halogens is 1. The number of benzene rings is 3. The van der Waals surface area contributed by atoms with Gasteiger partial charge in [0.25, 0.3) is 5.91 Å². The maximum atomic E-state index is 14.0. The van der Waals surface area contributed by atoms with Crippen molar-refractivity contribution in [2.24, 2.45) is 5.10 Å². The molecule has 1 amide bonds. The van der Waals surface area contributed by atoms with Gasteiger partial charge < -0.3 is 15.2 Å². The number of nitrogens with one attached hydrogen (secondary N) is 1. The molecule has 0 aliphatic carbocycles. The lowest BCUT2D eigenvalue weighted by Gasteiger charge is -2.13. The minimum Gasteiger partial charge on any atom is -0.490 e. The van der Waals surface area contributed by atoms with Crippen molar-refractivity contribution in [2.75, 3.05) is 12.3 Å². The van der Waals surface area contributed by atoms with E-state index in [1.807, 2.05) is 13.0 Å². The lowest BCUT2D eigenvalue weighted by molar-refractivity contribution is 0.0950. The first-order valence-corrected chi connectivity index (χ1v) is 12.1. The third-order valence-corrected chi connectivity index (χ3v) is 5.62. The number of rotatable bonds is 10. The summed E-state index contributed by atoms with van der Waals surface area (Å²) in [5.74, 6) is -0.00440. The Hall–Kier alpha value is -5.59. The van der Waals surface area contributed by atoms with Crippen LogP contribution in [-0.2, 0) is 6.61 Å². The number of hydrogen-bond acceptors (Lipinski definition) is 10. The molecule has 0 fully saturated rings. The summed E-state index contributed by atoms with van der Waals surface area (Å²) >= 11 is 0. The van der Waals surface area contributed by atoms with Crippen LogP contribution < -0.4 is 20.6 Å². The van der Waals surface area contributed by atoms with Gasteiger partial charge in [0.2, 0.25) is 11.6 Å². The molecule has 0 aliphatic rings. The van der Waals surface area contributed by atoms with Crippen molar-refractivity contribution in [1.82, 2.24) is 30.7 Å². The highest BCUT2D eigenvalue weighted by molar-refractivity contribution is 5.98. The van der Waals surface area contributed by atoms with Crippen molar-refractivity contribution in [1.29, 1.82) is 0 Å². The summed E-state index contributed by atoms with van der Waals surface area (Å²) in [4.78, 5) is 13.1. The van der Waals surface area contributed by atoms with Crippen molar-refractivity contribution in [3.05, 3.63) is 95.4 Å². The van der Waals surface area contributed by atoms with E-state index in [0.29, 0.717) is 40.5 Å². The second-order valence-electron chi connectivity index (χ2n) is 8.26. The van der Waals surface area contributed by atoms with E-state index in [1.54, 1.807) is 60.7 Å². The van der Waals surface area contributed by atoms with E-state index >= 15 is 0 Å². The summed E-state index contributed by atoms with van der Waals surface area (Å²) < 4.78 is 31.4. The van der Waals surface area contributed by atoms with Crippen molar-refractivity contribution in [3.8, 4) is 28.6 Å². The van der Waals surface area contributed by atoms with Gasteiger partial charge in [-0.3, -0.25) is 4.79 Å². The number of anilines is 1. The zero-order valence-corrected chi connectivity index (χ0v) is 21.2. The molecule has 5 rings (SSSR count). The number of carbonyl (C=O) groups excluding carboxylic acids is 1. The third-order valence-electron chi connectivity index (χ3n) is 5.62. The fourth-order valence-electron chi connectivity index (χ4n) is 3.76. The van der Waals surface area contributed by atoms with Crippen molar-refractivity contribution in [2.45, 2.75) is 13.5 Å². The normalized spacial score (nSPS) is 11.1. The molecular weight excluding hydrogens is 519 g/mol. The molecule has 3 N–H and O–H groups in total. The van der Waals surface area contributed by atoms with Gasteiger partial charge in [-0.05, 0) is 47.1 Å². The number of amides is 1. The smallest absolute Gasteiger partial charge is 0.294 e. The van der Waals surface area contributed by atoms with Crippen LogP contribution in [0.4, 0.5) is 10.2 Å². The second kappa shape index (κ2) is 11.9. The number of hydrogen-bond donors (Lipinski definition) is 2. The maximum absolute atomic E-state index is 14.0. The minimum atomic E-state index is -0.619. The number of carbonyl (C=O) groups is 1. The first kappa shape index (κ1) is 26.0.